The number of fused-ring (bicyclic) bond motifs is 1. The number of para-hydroxylation sites is 1. The number of aromatic nitrogens is 1. The Morgan fingerprint density at radius 1 is 1.21 bits per heavy atom. The van der Waals surface area contributed by atoms with E-state index in [0.717, 1.165) is 26.5 Å². The smallest absolute Gasteiger partial charge is 0.248 e. The van der Waals surface area contributed by atoms with Gasteiger partial charge in [0.1, 0.15) is 11.0 Å². The molecule has 1 unspecified atom stereocenters. The molecule has 2 heterocycles. The number of thiazole rings is 1. The van der Waals surface area contributed by atoms with E-state index in [1.54, 1.807) is 22.7 Å². The highest BCUT2D eigenvalue weighted by atomic mass is 32.2. The summed E-state index contributed by atoms with van der Waals surface area (Å²) in [7, 11) is 0. The molecule has 1 N–H and O–H groups in total. The summed E-state index contributed by atoms with van der Waals surface area (Å²) >= 11 is 3.12. The van der Waals surface area contributed by atoms with Crippen LogP contribution in [0.1, 0.15) is 10.6 Å². The van der Waals surface area contributed by atoms with E-state index in [2.05, 4.69) is 10.3 Å². The van der Waals surface area contributed by atoms with Gasteiger partial charge in [-0.3, -0.25) is 9.59 Å². The number of aryl methyl sites for hydroxylation is 1. The first-order chi connectivity index (χ1) is 13.6. The third kappa shape index (κ3) is 4.10. The van der Waals surface area contributed by atoms with E-state index in [-0.39, 0.29) is 11.8 Å². The summed E-state index contributed by atoms with van der Waals surface area (Å²) in [6.45, 7) is 1.98. The molecule has 4 rings (SSSR count). The maximum atomic E-state index is 12.7. The normalized spacial score (nSPS) is 16.8. The van der Waals surface area contributed by atoms with Gasteiger partial charge in [0.15, 0.2) is 0 Å². The molecule has 1 aliphatic rings. The monoisotopic (exact) mass is 409 g/mol. The molecule has 0 spiro atoms. The number of nitrogens with zero attached hydrogens (tertiary/aromatic N) is 2. The quantitative estimate of drug-likeness (QED) is 0.658. The molecule has 0 saturated carbocycles. The maximum absolute atomic E-state index is 12.7. The van der Waals surface area contributed by atoms with E-state index in [4.69, 9.17) is 0 Å². The van der Waals surface area contributed by atoms with Crippen LogP contribution in [0.5, 0.6) is 0 Å². The van der Waals surface area contributed by atoms with Gasteiger partial charge >= 0.3 is 0 Å². The van der Waals surface area contributed by atoms with Crippen molar-refractivity contribution in [3.63, 3.8) is 0 Å². The molecule has 0 radical (unpaired) electrons. The molecule has 1 saturated heterocycles. The van der Waals surface area contributed by atoms with Crippen molar-refractivity contribution in [2.45, 2.75) is 13.0 Å². The predicted molar refractivity (Wildman–Crippen MR) is 116 cm³/mol. The fourth-order valence-corrected chi connectivity index (χ4v) is 5.06. The van der Waals surface area contributed by atoms with E-state index in [0.29, 0.717) is 11.6 Å². The lowest BCUT2D eigenvalue weighted by molar-refractivity contribution is -0.132. The van der Waals surface area contributed by atoms with Crippen molar-refractivity contribution in [3.8, 4) is 0 Å². The first-order valence-electron chi connectivity index (χ1n) is 8.90. The second-order valence-corrected chi connectivity index (χ2v) is 8.60. The number of carbonyl (C=O) groups is 2. The zero-order valence-electron chi connectivity index (χ0n) is 15.3. The highest BCUT2D eigenvalue weighted by molar-refractivity contribution is 7.99. The maximum Gasteiger partial charge on any atom is 0.248 e. The summed E-state index contributed by atoms with van der Waals surface area (Å²) in [5.74, 6) is 0.777. The molecule has 2 amide bonds. The Morgan fingerprint density at radius 2 is 2.07 bits per heavy atom. The van der Waals surface area contributed by atoms with Crippen LogP contribution in [0.3, 0.4) is 0 Å². The minimum absolute atomic E-state index is 0.155. The van der Waals surface area contributed by atoms with Gasteiger partial charge in [0, 0.05) is 17.5 Å². The highest BCUT2D eigenvalue weighted by Crippen LogP contribution is 2.25. The van der Waals surface area contributed by atoms with Crippen LogP contribution < -0.4 is 5.32 Å². The van der Waals surface area contributed by atoms with Crippen LogP contribution in [0.2, 0.25) is 0 Å². The van der Waals surface area contributed by atoms with Gasteiger partial charge < -0.3 is 10.2 Å². The Balaban J connectivity index is 1.44. The van der Waals surface area contributed by atoms with Gasteiger partial charge in [-0.05, 0) is 42.8 Å². The molecular weight excluding hydrogens is 390 g/mol. The average molecular weight is 410 g/mol. The van der Waals surface area contributed by atoms with Crippen molar-refractivity contribution in [2.75, 3.05) is 16.9 Å². The number of hydrogen-bond acceptors (Lipinski definition) is 5. The van der Waals surface area contributed by atoms with Crippen molar-refractivity contribution < 1.29 is 9.59 Å². The molecule has 0 aliphatic carbocycles. The van der Waals surface area contributed by atoms with Crippen molar-refractivity contribution in [1.82, 2.24) is 9.88 Å². The second kappa shape index (κ2) is 8.16. The van der Waals surface area contributed by atoms with Crippen LogP contribution >= 0.6 is 23.1 Å². The summed E-state index contributed by atoms with van der Waals surface area (Å²) in [5, 5.41) is 3.70. The van der Waals surface area contributed by atoms with Gasteiger partial charge in [-0.2, -0.15) is 0 Å². The van der Waals surface area contributed by atoms with Crippen LogP contribution in [0.15, 0.2) is 54.6 Å². The van der Waals surface area contributed by atoms with Crippen LogP contribution in [-0.4, -0.2) is 39.4 Å². The fraction of sp³-hybridized carbons (Fsp3) is 0.190. The minimum Gasteiger partial charge on any atom is -0.324 e. The van der Waals surface area contributed by atoms with Gasteiger partial charge in [0.25, 0.3) is 0 Å². The van der Waals surface area contributed by atoms with Crippen LogP contribution in [-0.2, 0) is 9.59 Å². The van der Waals surface area contributed by atoms with Gasteiger partial charge in [-0.15, -0.1) is 23.1 Å². The third-order valence-corrected chi connectivity index (χ3v) is 6.45. The molecule has 0 bridgehead atoms. The first kappa shape index (κ1) is 18.7. The van der Waals surface area contributed by atoms with Gasteiger partial charge in [0.2, 0.25) is 11.8 Å². The molecule has 2 aromatic carbocycles. The molecule has 5 nitrogen and oxygen atoms in total. The van der Waals surface area contributed by atoms with E-state index in [1.165, 1.54) is 17.4 Å². The Hall–Kier alpha value is -2.64. The molecule has 3 aromatic rings. The first-order valence-corrected chi connectivity index (χ1v) is 10.9. The number of anilines is 1. The molecule has 142 valence electrons. The number of thioether (sulfide) groups is 1. The van der Waals surface area contributed by atoms with E-state index < -0.39 is 6.04 Å². The summed E-state index contributed by atoms with van der Waals surface area (Å²) in [5.41, 5.74) is 2.75. The van der Waals surface area contributed by atoms with Gasteiger partial charge in [-0.25, -0.2) is 4.98 Å². The Labute approximate surface area is 171 Å². The number of amides is 2. The van der Waals surface area contributed by atoms with Crippen molar-refractivity contribution in [2.24, 2.45) is 0 Å². The van der Waals surface area contributed by atoms with Crippen molar-refractivity contribution >= 4 is 56.9 Å². The summed E-state index contributed by atoms with van der Waals surface area (Å²) in [6.07, 6.45) is 3.24. The van der Waals surface area contributed by atoms with Gasteiger partial charge in [-0.1, -0.05) is 24.3 Å². The molecule has 1 aromatic heterocycles. The van der Waals surface area contributed by atoms with E-state index in [9.17, 15) is 9.59 Å². The minimum atomic E-state index is -0.474. The lowest BCUT2D eigenvalue weighted by atomic mass is 10.2. The molecule has 28 heavy (non-hydrogen) atoms. The molecule has 1 aliphatic heterocycles. The zero-order chi connectivity index (χ0) is 19.5. The third-order valence-electron chi connectivity index (χ3n) is 4.43. The van der Waals surface area contributed by atoms with Gasteiger partial charge in [0.05, 0.1) is 16.1 Å². The van der Waals surface area contributed by atoms with Crippen LogP contribution in [0.4, 0.5) is 5.69 Å². The number of rotatable bonds is 4. The standard InChI is InChI=1S/C21H19N3O2S2/c1-14-5-4-6-15(11-14)22-21(26)17-12-27-13-24(17)20(25)10-9-19-23-16-7-2-3-8-18(16)28-19/h2-11,17H,12-13H2,1H3,(H,22,26). The second-order valence-electron chi connectivity index (χ2n) is 6.54. The number of nitrogens with one attached hydrogen (secondary N) is 1. The van der Waals surface area contributed by atoms with Crippen LogP contribution in [0, 0.1) is 6.92 Å². The largest absolute Gasteiger partial charge is 0.324 e. The fourth-order valence-electron chi connectivity index (χ4n) is 3.03. The number of benzene rings is 2. The summed E-state index contributed by atoms with van der Waals surface area (Å²) in [6, 6.07) is 15.0. The summed E-state index contributed by atoms with van der Waals surface area (Å²) in [4.78, 5) is 31.5. The van der Waals surface area contributed by atoms with Crippen LogP contribution in [0.25, 0.3) is 16.3 Å². The topological polar surface area (TPSA) is 62.3 Å². The predicted octanol–water partition coefficient (Wildman–Crippen LogP) is 4.16. The number of carbonyl (C=O) groups excluding carboxylic acids is 2. The summed E-state index contributed by atoms with van der Waals surface area (Å²) < 4.78 is 1.08. The molecule has 7 heteroatoms. The average Bonchev–Trinajstić information content (AvgIpc) is 3.33. The zero-order valence-corrected chi connectivity index (χ0v) is 16.9. The Kier molecular flexibility index (Phi) is 5.45. The molecular formula is C21H19N3O2S2. The lowest BCUT2D eigenvalue weighted by Crippen LogP contribution is -2.43. The van der Waals surface area contributed by atoms with E-state index >= 15 is 0 Å². The van der Waals surface area contributed by atoms with Crippen molar-refractivity contribution in [3.05, 3.63) is 65.2 Å². The van der Waals surface area contributed by atoms with E-state index in [1.807, 2.05) is 55.5 Å². The Morgan fingerprint density at radius 3 is 2.89 bits per heavy atom. The SMILES string of the molecule is Cc1cccc(NC(=O)C2CSCN2C(=O)C=Cc2nc3ccccc3s2)c1. The molecule has 1 fully saturated rings. The molecule has 1 atom stereocenters. The lowest BCUT2D eigenvalue weighted by Gasteiger charge is -2.21. The van der Waals surface area contributed by atoms with Crippen molar-refractivity contribution in [1.29, 1.82) is 0 Å². The highest BCUT2D eigenvalue weighted by Gasteiger charge is 2.33. The Bertz CT molecular complexity index is 1030. The number of hydrogen-bond donors (Lipinski definition) is 1.